The lowest BCUT2D eigenvalue weighted by molar-refractivity contribution is -0.140. The molecule has 2 aromatic rings. The Kier molecular flexibility index (Phi) is 9.84. The Hall–Kier alpha value is -3.56. The van der Waals surface area contributed by atoms with E-state index in [2.05, 4.69) is 11.8 Å². The van der Waals surface area contributed by atoms with E-state index in [-0.39, 0.29) is 22.8 Å². The summed E-state index contributed by atoms with van der Waals surface area (Å²) in [5.74, 6) is -0.882. The second kappa shape index (κ2) is 13.5. The topological polar surface area (TPSA) is 109 Å². The molecule has 2 aliphatic rings. The van der Waals surface area contributed by atoms with Crippen LogP contribution in [0.15, 0.2) is 48.0 Å². The summed E-state index contributed by atoms with van der Waals surface area (Å²) in [6, 6.07) is 10.8. The van der Waals surface area contributed by atoms with E-state index >= 15 is 0 Å². The molecule has 2 N–H and O–H groups in total. The number of hydrogen-bond acceptors (Lipinski definition) is 8. The number of phenolic OH excluding ortho intramolecular Hbond substituents is 1. The van der Waals surface area contributed by atoms with Crippen LogP contribution in [0.4, 0.5) is 0 Å². The summed E-state index contributed by atoms with van der Waals surface area (Å²) in [4.78, 5) is 30.5. The molecule has 2 aromatic carbocycles. The second-order valence-electron chi connectivity index (χ2n) is 9.69. The lowest BCUT2D eigenvalue weighted by Gasteiger charge is -2.29. The zero-order valence-electron chi connectivity index (χ0n) is 22.7. The van der Waals surface area contributed by atoms with Crippen LogP contribution in [-0.2, 0) is 14.3 Å². The van der Waals surface area contributed by atoms with Gasteiger partial charge in [0.1, 0.15) is 11.5 Å². The molecule has 2 aliphatic heterocycles. The molecule has 1 atom stereocenters. The van der Waals surface area contributed by atoms with Crippen LogP contribution in [0.2, 0.25) is 0 Å². The Bertz CT molecular complexity index is 1190. The minimum atomic E-state index is -0.834. The maximum absolute atomic E-state index is 13.4. The Balaban J connectivity index is 1.69. The first-order valence-electron chi connectivity index (χ1n) is 13.7. The van der Waals surface area contributed by atoms with E-state index in [4.69, 9.17) is 14.2 Å². The number of unbranched alkanes of at least 4 members (excludes halogenated alkanes) is 1. The van der Waals surface area contributed by atoms with Gasteiger partial charge >= 0.3 is 0 Å². The van der Waals surface area contributed by atoms with Gasteiger partial charge in [-0.15, -0.1) is 0 Å². The van der Waals surface area contributed by atoms with Gasteiger partial charge in [-0.25, -0.2) is 0 Å². The normalized spacial score (nSPS) is 19.4. The van der Waals surface area contributed by atoms with E-state index in [1.165, 1.54) is 11.0 Å². The number of Topliss-reactive ketones (excluding diaryl/α,β-unsaturated/α-hetero) is 1. The van der Waals surface area contributed by atoms with Gasteiger partial charge in [-0.3, -0.25) is 14.5 Å². The van der Waals surface area contributed by atoms with Gasteiger partial charge in [0.2, 0.25) is 0 Å². The predicted octanol–water partition coefficient (Wildman–Crippen LogP) is 4.11. The standard InChI is InChI=1S/C30H38N2O7/c1-3-5-16-39-23-9-6-8-22(19-23)28(34)26-27(21-10-11-24(33)25(20-21)38-4-2)32(30(36)29(26)35)13-7-12-31-14-17-37-18-15-31/h6,8-11,19-20,27,33-34H,3-5,7,12-18H2,1-2H3/b28-26+. The van der Waals surface area contributed by atoms with Gasteiger partial charge in [0, 0.05) is 31.7 Å². The van der Waals surface area contributed by atoms with Crippen LogP contribution in [0, 0.1) is 0 Å². The highest BCUT2D eigenvalue weighted by atomic mass is 16.5. The molecule has 0 radical (unpaired) electrons. The van der Waals surface area contributed by atoms with E-state index < -0.39 is 17.7 Å². The number of nitrogens with zero attached hydrogens (tertiary/aromatic N) is 2. The van der Waals surface area contributed by atoms with E-state index in [0.29, 0.717) is 56.3 Å². The van der Waals surface area contributed by atoms with Gasteiger partial charge in [-0.2, -0.15) is 0 Å². The first kappa shape index (κ1) is 28.4. The third kappa shape index (κ3) is 6.72. The van der Waals surface area contributed by atoms with Gasteiger partial charge < -0.3 is 29.3 Å². The fourth-order valence-electron chi connectivity index (χ4n) is 4.94. The number of aliphatic hydroxyl groups excluding tert-OH is 1. The minimum absolute atomic E-state index is 0.00483. The van der Waals surface area contributed by atoms with Gasteiger partial charge in [0.05, 0.1) is 38.0 Å². The van der Waals surface area contributed by atoms with Gasteiger partial charge in [0.25, 0.3) is 11.7 Å². The van der Waals surface area contributed by atoms with Crippen molar-refractivity contribution >= 4 is 17.4 Å². The number of aliphatic hydroxyl groups is 1. The molecule has 0 bridgehead atoms. The fourth-order valence-corrected chi connectivity index (χ4v) is 4.94. The molecule has 2 heterocycles. The van der Waals surface area contributed by atoms with Crippen molar-refractivity contribution in [2.45, 2.75) is 39.2 Å². The van der Waals surface area contributed by atoms with Crippen LogP contribution < -0.4 is 9.47 Å². The molecule has 0 aliphatic carbocycles. The van der Waals surface area contributed by atoms with E-state index in [0.717, 1.165) is 32.5 Å². The number of aromatic hydroxyl groups is 1. The monoisotopic (exact) mass is 538 g/mol. The largest absolute Gasteiger partial charge is 0.507 e. The van der Waals surface area contributed by atoms with Crippen molar-refractivity contribution < 1.29 is 34.0 Å². The van der Waals surface area contributed by atoms with Gasteiger partial charge in [0.15, 0.2) is 11.5 Å². The number of morpholine rings is 1. The van der Waals surface area contributed by atoms with Crippen molar-refractivity contribution in [3.8, 4) is 17.2 Å². The van der Waals surface area contributed by atoms with Gasteiger partial charge in [-0.05, 0) is 49.6 Å². The SMILES string of the molecule is CCCCOc1cccc(/C(O)=C2\C(=O)C(=O)N(CCCN3CCOCC3)C2c2ccc(O)c(OCC)c2)c1. The van der Waals surface area contributed by atoms with Crippen molar-refractivity contribution in [2.75, 3.05) is 52.6 Å². The highest BCUT2D eigenvalue weighted by Gasteiger charge is 2.46. The molecule has 39 heavy (non-hydrogen) atoms. The Morgan fingerprint density at radius 3 is 2.56 bits per heavy atom. The zero-order valence-corrected chi connectivity index (χ0v) is 22.7. The number of rotatable bonds is 12. The Morgan fingerprint density at radius 2 is 1.82 bits per heavy atom. The summed E-state index contributed by atoms with van der Waals surface area (Å²) in [6.45, 7) is 8.86. The summed E-state index contributed by atoms with van der Waals surface area (Å²) in [5, 5.41) is 21.7. The number of carbonyl (C=O) groups excluding carboxylic acids is 2. The molecule has 0 saturated carbocycles. The molecule has 1 unspecified atom stereocenters. The van der Waals surface area contributed by atoms with Gasteiger partial charge in [-0.1, -0.05) is 31.5 Å². The molecule has 0 aromatic heterocycles. The number of likely N-dealkylation sites (tertiary alicyclic amines) is 1. The highest BCUT2D eigenvalue weighted by Crippen LogP contribution is 2.42. The number of carbonyl (C=O) groups is 2. The second-order valence-corrected chi connectivity index (χ2v) is 9.69. The van der Waals surface area contributed by atoms with E-state index in [9.17, 15) is 19.8 Å². The molecule has 9 nitrogen and oxygen atoms in total. The average Bonchev–Trinajstić information content (AvgIpc) is 3.20. The fraction of sp³-hybridized carbons (Fsp3) is 0.467. The van der Waals surface area contributed by atoms with Crippen LogP contribution in [-0.4, -0.2) is 84.3 Å². The summed E-state index contributed by atoms with van der Waals surface area (Å²) in [7, 11) is 0. The molecule has 9 heteroatoms. The van der Waals surface area contributed by atoms with Crippen molar-refractivity contribution in [1.29, 1.82) is 0 Å². The zero-order chi connectivity index (χ0) is 27.8. The third-order valence-corrected chi connectivity index (χ3v) is 6.99. The number of phenols is 1. The minimum Gasteiger partial charge on any atom is -0.507 e. The number of hydrogen-bond donors (Lipinski definition) is 2. The Labute approximate surface area is 229 Å². The quantitative estimate of drug-likeness (QED) is 0.180. The molecule has 1 amide bonds. The maximum atomic E-state index is 13.4. The van der Waals surface area contributed by atoms with Crippen LogP contribution in [0.1, 0.15) is 50.3 Å². The summed E-state index contributed by atoms with van der Waals surface area (Å²) < 4.78 is 16.8. The van der Waals surface area contributed by atoms with Crippen LogP contribution >= 0.6 is 0 Å². The van der Waals surface area contributed by atoms with Crippen molar-refractivity contribution in [2.24, 2.45) is 0 Å². The number of benzene rings is 2. The molecule has 210 valence electrons. The smallest absolute Gasteiger partial charge is 0.295 e. The first-order valence-corrected chi connectivity index (χ1v) is 13.7. The number of ether oxygens (including phenoxy) is 3. The third-order valence-electron chi connectivity index (χ3n) is 6.99. The molecule has 2 fully saturated rings. The first-order chi connectivity index (χ1) is 18.9. The number of ketones is 1. The lowest BCUT2D eigenvalue weighted by Crippen LogP contribution is -2.38. The average molecular weight is 539 g/mol. The van der Waals surface area contributed by atoms with Crippen molar-refractivity contribution in [1.82, 2.24) is 9.80 Å². The van der Waals surface area contributed by atoms with Crippen molar-refractivity contribution in [3.63, 3.8) is 0 Å². The highest BCUT2D eigenvalue weighted by molar-refractivity contribution is 6.46. The molecule has 2 saturated heterocycles. The summed E-state index contributed by atoms with van der Waals surface area (Å²) in [6.07, 6.45) is 2.54. The lowest BCUT2D eigenvalue weighted by atomic mass is 9.95. The predicted molar refractivity (Wildman–Crippen MR) is 147 cm³/mol. The van der Waals surface area contributed by atoms with E-state index in [1.807, 2.05) is 0 Å². The summed E-state index contributed by atoms with van der Waals surface area (Å²) >= 11 is 0. The maximum Gasteiger partial charge on any atom is 0.295 e. The molecular formula is C30H38N2O7. The Morgan fingerprint density at radius 1 is 1.03 bits per heavy atom. The number of amides is 1. The van der Waals surface area contributed by atoms with Crippen LogP contribution in [0.5, 0.6) is 17.2 Å². The summed E-state index contributed by atoms with van der Waals surface area (Å²) in [5.41, 5.74) is 0.966. The molecule has 0 spiro atoms. The van der Waals surface area contributed by atoms with Crippen molar-refractivity contribution in [3.05, 3.63) is 59.2 Å². The van der Waals surface area contributed by atoms with E-state index in [1.54, 1.807) is 43.3 Å². The van der Waals surface area contributed by atoms with Crippen LogP contribution in [0.25, 0.3) is 5.76 Å². The molecule has 4 rings (SSSR count). The van der Waals surface area contributed by atoms with Crippen LogP contribution in [0.3, 0.4) is 0 Å². The molecular weight excluding hydrogens is 500 g/mol.